The number of benzene rings is 1. The lowest BCUT2D eigenvalue weighted by molar-refractivity contribution is 0.211. The molecule has 0 amide bonds. The summed E-state index contributed by atoms with van der Waals surface area (Å²) in [4.78, 5) is 0. The van der Waals surface area contributed by atoms with Gasteiger partial charge in [-0.2, -0.15) is 0 Å². The molecular weight excluding hydrogens is 291 g/mol. The zero-order valence-electron chi connectivity index (χ0n) is 11.6. The number of hydrogen-bond donors (Lipinski definition) is 1. The molecule has 0 aliphatic rings. The SMILES string of the molecule is CCOP(=O)(OCC)[C@H](N)c1c(F)ccc(OC)c1F. The van der Waals surface area contributed by atoms with Crippen molar-refractivity contribution in [2.45, 2.75) is 19.6 Å². The van der Waals surface area contributed by atoms with Crippen LogP contribution in [-0.2, 0) is 13.6 Å². The molecule has 0 heterocycles. The maximum Gasteiger partial charge on any atom is 0.351 e. The van der Waals surface area contributed by atoms with E-state index in [1.807, 2.05) is 0 Å². The van der Waals surface area contributed by atoms with Gasteiger partial charge in [0, 0.05) is 0 Å². The number of halogens is 2. The van der Waals surface area contributed by atoms with Crippen molar-refractivity contribution in [1.29, 1.82) is 0 Å². The van der Waals surface area contributed by atoms with Gasteiger partial charge in [0.25, 0.3) is 0 Å². The standard InChI is InChI=1S/C12H18F2NO4P/c1-4-18-20(16,19-5-2)12(15)10-8(13)6-7-9(17-3)11(10)14/h6-7,12H,4-5,15H2,1-3H3/t12-/m0/s1. The van der Waals surface area contributed by atoms with E-state index >= 15 is 0 Å². The summed E-state index contributed by atoms with van der Waals surface area (Å²) in [5.41, 5.74) is 5.15. The largest absolute Gasteiger partial charge is 0.494 e. The first-order valence-corrected chi connectivity index (χ1v) is 7.68. The molecule has 114 valence electrons. The van der Waals surface area contributed by atoms with Crippen LogP contribution in [0.5, 0.6) is 5.75 Å². The number of methoxy groups -OCH3 is 1. The molecule has 0 spiro atoms. The van der Waals surface area contributed by atoms with Crippen LogP contribution in [0.15, 0.2) is 12.1 Å². The summed E-state index contributed by atoms with van der Waals surface area (Å²) in [5, 5.41) is 0. The number of rotatable bonds is 7. The van der Waals surface area contributed by atoms with E-state index in [0.717, 1.165) is 12.1 Å². The fourth-order valence-electron chi connectivity index (χ4n) is 1.69. The minimum Gasteiger partial charge on any atom is -0.494 e. The third-order valence-electron chi connectivity index (χ3n) is 2.57. The molecule has 0 bridgehead atoms. The molecular formula is C12H18F2NO4P. The van der Waals surface area contributed by atoms with Crippen molar-refractivity contribution in [3.05, 3.63) is 29.3 Å². The summed E-state index contributed by atoms with van der Waals surface area (Å²) in [6.07, 6.45) is 0. The quantitative estimate of drug-likeness (QED) is 0.783. The van der Waals surface area contributed by atoms with Gasteiger partial charge in [0.05, 0.1) is 25.9 Å². The van der Waals surface area contributed by atoms with Crippen LogP contribution in [0.4, 0.5) is 8.78 Å². The maximum atomic E-state index is 14.1. The Hall–Kier alpha value is -1.01. The van der Waals surface area contributed by atoms with E-state index in [2.05, 4.69) is 0 Å². The molecule has 0 saturated carbocycles. The van der Waals surface area contributed by atoms with Gasteiger partial charge in [-0.1, -0.05) is 0 Å². The van der Waals surface area contributed by atoms with Gasteiger partial charge in [-0.05, 0) is 26.0 Å². The van der Waals surface area contributed by atoms with E-state index in [4.69, 9.17) is 19.5 Å². The van der Waals surface area contributed by atoms with Gasteiger partial charge in [-0.25, -0.2) is 8.78 Å². The van der Waals surface area contributed by atoms with Gasteiger partial charge in [-0.15, -0.1) is 0 Å². The number of ether oxygens (including phenoxy) is 1. The zero-order valence-corrected chi connectivity index (χ0v) is 12.5. The second-order valence-electron chi connectivity index (χ2n) is 3.80. The van der Waals surface area contributed by atoms with Crippen LogP contribution < -0.4 is 10.5 Å². The Morgan fingerprint density at radius 1 is 1.25 bits per heavy atom. The van der Waals surface area contributed by atoms with Crippen molar-refractivity contribution in [3.63, 3.8) is 0 Å². The molecule has 1 aromatic carbocycles. The number of hydrogen-bond acceptors (Lipinski definition) is 5. The average molecular weight is 309 g/mol. The summed E-state index contributed by atoms with van der Waals surface area (Å²) >= 11 is 0. The highest BCUT2D eigenvalue weighted by Crippen LogP contribution is 2.59. The first-order valence-electron chi connectivity index (χ1n) is 6.07. The Kier molecular flexibility index (Phi) is 6.07. The molecule has 5 nitrogen and oxygen atoms in total. The van der Waals surface area contributed by atoms with E-state index < -0.39 is 30.6 Å². The number of nitrogens with two attached hydrogens (primary N) is 1. The summed E-state index contributed by atoms with van der Waals surface area (Å²) in [6.45, 7) is 3.24. The Balaban J connectivity index is 3.31. The Labute approximate surface area is 116 Å². The predicted molar refractivity (Wildman–Crippen MR) is 70.7 cm³/mol. The maximum absolute atomic E-state index is 14.1. The molecule has 0 saturated heterocycles. The van der Waals surface area contributed by atoms with Crippen LogP contribution >= 0.6 is 7.60 Å². The molecule has 2 N–H and O–H groups in total. The van der Waals surface area contributed by atoms with E-state index in [1.165, 1.54) is 7.11 Å². The topological polar surface area (TPSA) is 70.8 Å². The van der Waals surface area contributed by atoms with Crippen LogP contribution in [0.2, 0.25) is 0 Å². The van der Waals surface area contributed by atoms with Gasteiger partial charge in [0.2, 0.25) is 0 Å². The smallest absolute Gasteiger partial charge is 0.351 e. The first kappa shape index (κ1) is 17.0. The minimum absolute atomic E-state index is 0.0399. The highest BCUT2D eigenvalue weighted by Gasteiger charge is 2.38. The molecule has 0 fully saturated rings. The highest BCUT2D eigenvalue weighted by atomic mass is 31.2. The first-order chi connectivity index (χ1) is 9.41. The second kappa shape index (κ2) is 7.13. The van der Waals surface area contributed by atoms with Crippen LogP contribution in [0, 0.1) is 11.6 Å². The second-order valence-corrected chi connectivity index (χ2v) is 5.95. The third kappa shape index (κ3) is 3.35. The van der Waals surface area contributed by atoms with Gasteiger partial charge in [-0.3, -0.25) is 4.57 Å². The third-order valence-corrected chi connectivity index (χ3v) is 4.74. The molecule has 8 heteroatoms. The van der Waals surface area contributed by atoms with Crippen molar-refractivity contribution >= 4 is 7.60 Å². The van der Waals surface area contributed by atoms with Gasteiger partial charge < -0.3 is 19.5 Å². The van der Waals surface area contributed by atoms with Crippen LogP contribution in [0.25, 0.3) is 0 Å². The van der Waals surface area contributed by atoms with Crippen LogP contribution in [0.3, 0.4) is 0 Å². The molecule has 0 aliphatic carbocycles. The lowest BCUT2D eigenvalue weighted by atomic mass is 10.2. The molecule has 1 aromatic rings. The van der Waals surface area contributed by atoms with Crippen molar-refractivity contribution in [1.82, 2.24) is 0 Å². The molecule has 20 heavy (non-hydrogen) atoms. The lowest BCUT2D eigenvalue weighted by Crippen LogP contribution is -2.18. The van der Waals surface area contributed by atoms with Crippen molar-refractivity contribution < 1.29 is 27.1 Å². The van der Waals surface area contributed by atoms with Gasteiger partial charge in [0.1, 0.15) is 11.6 Å². The summed E-state index contributed by atoms with van der Waals surface area (Å²) in [7, 11) is -2.64. The highest BCUT2D eigenvalue weighted by molar-refractivity contribution is 7.54. The van der Waals surface area contributed by atoms with Crippen molar-refractivity contribution in [3.8, 4) is 5.75 Å². The predicted octanol–water partition coefficient (Wildman–Crippen LogP) is 3.20. The molecule has 0 aromatic heterocycles. The Bertz CT molecular complexity index is 502. The fraction of sp³-hybridized carbons (Fsp3) is 0.500. The molecule has 1 atom stereocenters. The van der Waals surface area contributed by atoms with Crippen LogP contribution in [-0.4, -0.2) is 20.3 Å². The lowest BCUT2D eigenvalue weighted by Gasteiger charge is -2.24. The van der Waals surface area contributed by atoms with E-state index in [-0.39, 0.29) is 19.0 Å². The molecule has 0 unspecified atom stereocenters. The fourth-order valence-corrected chi connectivity index (χ4v) is 3.36. The molecule has 1 rings (SSSR count). The van der Waals surface area contributed by atoms with Crippen molar-refractivity contribution in [2.75, 3.05) is 20.3 Å². The van der Waals surface area contributed by atoms with E-state index in [1.54, 1.807) is 13.8 Å². The average Bonchev–Trinajstić information content (AvgIpc) is 2.39. The Morgan fingerprint density at radius 3 is 2.25 bits per heavy atom. The van der Waals surface area contributed by atoms with E-state index in [9.17, 15) is 13.3 Å². The summed E-state index contributed by atoms with van der Waals surface area (Å²) < 4.78 is 55.2. The molecule has 0 radical (unpaired) electrons. The zero-order chi connectivity index (χ0) is 15.3. The van der Waals surface area contributed by atoms with Crippen LogP contribution in [0.1, 0.15) is 25.2 Å². The summed E-state index contributed by atoms with van der Waals surface area (Å²) in [6, 6.07) is 2.10. The van der Waals surface area contributed by atoms with Gasteiger partial charge >= 0.3 is 7.60 Å². The van der Waals surface area contributed by atoms with Crippen molar-refractivity contribution in [2.24, 2.45) is 5.73 Å². The monoisotopic (exact) mass is 309 g/mol. The summed E-state index contributed by atoms with van der Waals surface area (Å²) in [5.74, 6) is -3.72. The minimum atomic E-state index is -3.87. The normalized spacial score (nSPS) is 13.3. The molecule has 0 aliphatic heterocycles. The Morgan fingerprint density at radius 2 is 1.80 bits per heavy atom. The van der Waals surface area contributed by atoms with E-state index in [0.29, 0.717) is 0 Å². The van der Waals surface area contributed by atoms with Gasteiger partial charge in [0.15, 0.2) is 11.6 Å².